The van der Waals surface area contributed by atoms with Crippen LogP contribution in [0.3, 0.4) is 0 Å². The van der Waals surface area contributed by atoms with Crippen molar-refractivity contribution in [3.63, 3.8) is 0 Å². The molecule has 0 bridgehead atoms. The molecule has 0 radical (unpaired) electrons. The third-order valence-corrected chi connectivity index (χ3v) is 10.2. The van der Waals surface area contributed by atoms with Gasteiger partial charge in [0.15, 0.2) is 5.13 Å². The summed E-state index contributed by atoms with van der Waals surface area (Å²) in [6.07, 6.45) is 2.49. The van der Waals surface area contributed by atoms with Gasteiger partial charge in [-0.3, -0.25) is 9.69 Å². The van der Waals surface area contributed by atoms with Crippen molar-refractivity contribution < 1.29 is 22.7 Å². The Morgan fingerprint density at radius 3 is 2.70 bits per heavy atom. The Balaban J connectivity index is 1.33. The van der Waals surface area contributed by atoms with Gasteiger partial charge in [-0.2, -0.15) is 0 Å². The van der Waals surface area contributed by atoms with E-state index in [0.29, 0.717) is 59.2 Å². The fourth-order valence-electron chi connectivity index (χ4n) is 5.28. The average molecular weight is 583 g/mol. The highest BCUT2D eigenvalue weighted by atomic mass is 32.2. The van der Waals surface area contributed by atoms with E-state index >= 15 is 0 Å². The molecule has 1 saturated heterocycles. The number of pyridine rings is 1. The van der Waals surface area contributed by atoms with Gasteiger partial charge in [-0.05, 0) is 81.5 Å². The van der Waals surface area contributed by atoms with Gasteiger partial charge in [0.2, 0.25) is 10.0 Å². The zero-order valence-electron chi connectivity index (χ0n) is 22.4. The van der Waals surface area contributed by atoms with Crippen molar-refractivity contribution in [2.45, 2.75) is 50.6 Å². The number of thiazole rings is 1. The number of ether oxygens (including phenoxy) is 1. The van der Waals surface area contributed by atoms with Crippen LogP contribution < -0.4 is 14.9 Å². The van der Waals surface area contributed by atoms with Gasteiger partial charge in [-0.25, -0.2) is 27.9 Å². The van der Waals surface area contributed by atoms with Gasteiger partial charge in [-0.1, -0.05) is 17.4 Å². The predicted octanol–water partition coefficient (Wildman–Crippen LogP) is 4.27. The van der Waals surface area contributed by atoms with Crippen LogP contribution in [0.1, 0.15) is 47.8 Å². The number of anilines is 3. The fraction of sp³-hybridized carbons (Fsp3) is 0.407. The molecule has 2 N–H and O–H groups in total. The standard InChI is InChI=1S/C27H30N6O5S2/c1-15-24(39-26(29-15)31-21-6-4-7-22(30-21)32-10-5-11-38-27(32)35)18-12-19-14-33(16(2)17-8-9-17)25(34)23(19)20(13-18)40(36,37)28-3/h4,6-7,12-13,16-17,28H,5,8-11,14H2,1-3H3,(H,29,30,31)/t16-/m0/s1. The van der Waals surface area contributed by atoms with E-state index in [4.69, 9.17) is 4.74 Å². The maximum atomic E-state index is 13.4. The van der Waals surface area contributed by atoms with E-state index in [-0.39, 0.29) is 22.4 Å². The SMILES string of the molecule is CNS(=O)(=O)c1cc(-c2sc(Nc3cccc(N4CCCOC4=O)n3)nc2C)cc2c1C(=O)N([C@@H](C)C1CC1)C2. The first-order chi connectivity index (χ1) is 19.2. The van der Waals surface area contributed by atoms with Crippen LogP contribution in [0.25, 0.3) is 10.4 Å². The van der Waals surface area contributed by atoms with Crippen LogP contribution in [0, 0.1) is 12.8 Å². The van der Waals surface area contributed by atoms with Crippen molar-refractivity contribution >= 4 is 50.1 Å². The molecular weight excluding hydrogens is 552 g/mol. The van der Waals surface area contributed by atoms with Gasteiger partial charge < -0.3 is 15.0 Å². The van der Waals surface area contributed by atoms with Crippen LogP contribution in [0.4, 0.5) is 21.6 Å². The van der Waals surface area contributed by atoms with Crippen LogP contribution >= 0.6 is 11.3 Å². The number of rotatable bonds is 8. The number of nitrogens with one attached hydrogen (secondary N) is 2. The molecule has 2 aliphatic heterocycles. The quantitative estimate of drug-likeness (QED) is 0.402. The summed E-state index contributed by atoms with van der Waals surface area (Å²) in [5, 5.41) is 3.78. The van der Waals surface area contributed by atoms with Gasteiger partial charge >= 0.3 is 6.09 Å². The molecule has 1 saturated carbocycles. The summed E-state index contributed by atoms with van der Waals surface area (Å²) in [5.74, 6) is 1.23. The maximum Gasteiger partial charge on any atom is 0.415 e. The van der Waals surface area contributed by atoms with E-state index in [1.165, 1.54) is 23.3 Å². The van der Waals surface area contributed by atoms with Crippen LogP contribution in [-0.4, -0.2) is 61.5 Å². The lowest BCUT2D eigenvalue weighted by Gasteiger charge is -2.25. The number of sulfonamides is 1. The Morgan fingerprint density at radius 2 is 1.98 bits per heavy atom. The first kappa shape index (κ1) is 26.7. The van der Waals surface area contributed by atoms with Gasteiger partial charge in [0, 0.05) is 19.1 Å². The number of nitrogens with zero attached hydrogens (tertiary/aromatic N) is 4. The summed E-state index contributed by atoms with van der Waals surface area (Å²) < 4.78 is 33.7. The molecule has 11 nitrogen and oxygen atoms in total. The molecule has 0 unspecified atom stereocenters. The fourth-order valence-corrected chi connectivity index (χ4v) is 7.23. The number of hydrogen-bond acceptors (Lipinski definition) is 9. The topological polar surface area (TPSA) is 134 Å². The summed E-state index contributed by atoms with van der Waals surface area (Å²) in [7, 11) is -2.55. The molecule has 2 amide bonds. The van der Waals surface area contributed by atoms with E-state index in [1.54, 1.807) is 29.2 Å². The second-order valence-electron chi connectivity index (χ2n) is 10.3. The molecule has 1 aliphatic carbocycles. The number of hydrogen-bond donors (Lipinski definition) is 2. The van der Waals surface area contributed by atoms with Crippen LogP contribution in [-0.2, 0) is 21.3 Å². The molecular formula is C27H30N6O5S2. The van der Waals surface area contributed by atoms with Crippen LogP contribution in [0.2, 0.25) is 0 Å². The molecule has 3 aromatic rings. The minimum Gasteiger partial charge on any atom is -0.449 e. The summed E-state index contributed by atoms with van der Waals surface area (Å²) in [6.45, 7) is 5.21. The Labute approximate surface area is 236 Å². The van der Waals surface area contributed by atoms with Gasteiger partial charge in [0.1, 0.15) is 11.6 Å². The number of carbonyl (C=O) groups is 2. The highest BCUT2D eigenvalue weighted by molar-refractivity contribution is 7.89. The lowest BCUT2D eigenvalue weighted by molar-refractivity contribution is 0.0694. The highest BCUT2D eigenvalue weighted by Gasteiger charge is 2.41. The van der Waals surface area contributed by atoms with Crippen molar-refractivity contribution in [2.24, 2.45) is 5.92 Å². The minimum absolute atomic E-state index is 0.0110. The van der Waals surface area contributed by atoms with E-state index in [1.807, 2.05) is 19.9 Å². The number of amides is 2. The molecule has 4 heterocycles. The van der Waals surface area contributed by atoms with Gasteiger partial charge in [-0.15, -0.1) is 0 Å². The molecule has 40 heavy (non-hydrogen) atoms. The summed E-state index contributed by atoms with van der Waals surface area (Å²) in [5.41, 5.74) is 2.35. The number of fused-ring (bicyclic) bond motifs is 1. The zero-order chi connectivity index (χ0) is 28.2. The minimum atomic E-state index is -3.90. The lowest BCUT2D eigenvalue weighted by Crippen LogP contribution is -2.38. The summed E-state index contributed by atoms with van der Waals surface area (Å²) in [4.78, 5) is 38.8. The molecule has 210 valence electrons. The molecule has 1 aromatic carbocycles. The summed E-state index contributed by atoms with van der Waals surface area (Å²) >= 11 is 1.36. The Kier molecular flexibility index (Phi) is 6.75. The predicted molar refractivity (Wildman–Crippen MR) is 151 cm³/mol. The van der Waals surface area contributed by atoms with Crippen molar-refractivity contribution in [1.29, 1.82) is 0 Å². The van der Waals surface area contributed by atoms with Crippen molar-refractivity contribution in [3.8, 4) is 10.4 Å². The zero-order valence-corrected chi connectivity index (χ0v) is 24.1. The average Bonchev–Trinajstić information content (AvgIpc) is 3.66. The largest absolute Gasteiger partial charge is 0.449 e. The molecule has 13 heteroatoms. The highest BCUT2D eigenvalue weighted by Crippen LogP contribution is 2.42. The molecule has 6 rings (SSSR count). The molecule has 1 atom stereocenters. The number of cyclic esters (lactones) is 1. The Morgan fingerprint density at radius 1 is 1.18 bits per heavy atom. The van der Waals surface area contributed by atoms with Crippen molar-refractivity contribution in [1.82, 2.24) is 19.6 Å². The van der Waals surface area contributed by atoms with Crippen LogP contribution in [0.5, 0.6) is 0 Å². The van der Waals surface area contributed by atoms with Gasteiger partial charge in [0.25, 0.3) is 5.91 Å². The van der Waals surface area contributed by atoms with E-state index in [9.17, 15) is 18.0 Å². The van der Waals surface area contributed by atoms with E-state index in [2.05, 4.69) is 20.0 Å². The summed E-state index contributed by atoms with van der Waals surface area (Å²) in [6, 6.07) is 8.87. The molecule has 2 aromatic heterocycles. The van der Waals surface area contributed by atoms with Crippen molar-refractivity contribution in [3.05, 3.63) is 47.2 Å². The second kappa shape index (κ2) is 10.1. The third-order valence-electron chi connectivity index (χ3n) is 7.63. The second-order valence-corrected chi connectivity index (χ2v) is 13.1. The molecule has 3 aliphatic rings. The smallest absolute Gasteiger partial charge is 0.415 e. The number of carbonyl (C=O) groups excluding carboxylic acids is 2. The van der Waals surface area contributed by atoms with E-state index < -0.39 is 16.1 Å². The van der Waals surface area contributed by atoms with Crippen LogP contribution in [0.15, 0.2) is 35.2 Å². The van der Waals surface area contributed by atoms with E-state index in [0.717, 1.165) is 24.1 Å². The molecule has 0 spiro atoms. The monoisotopic (exact) mass is 582 g/mol. The van der Waals surface area contributed by atoms with Gasteiger partial charge in [0.05, 0.1) is 27.6 Å². The lowest BCUT2D eigenvalue weighted by atomic mass is 10.0. The first-order valence-corrected chi connectivity index (χ1v) is 15.5. The Hall–Kier alpha value is -3.55. The normalized spacial score (nSPS) is 18.1. The molecule has 2 fully saturated rings. The number of aromatic nitrogens is 2. The van der Waals surface area contributed by atoms with Crippen molar-refractivity contribution in [2.75, 3.05) is 30.4 Å². The number of aryl methyl sites for hydroxylation is 1. The first-order valence-electron chi connectivity index (χ1n) is 13.2. The third kappa shape index (κ3) is 4.82. The number of benzene rings is 1. The Bertz CT molecular complexity index is 1620. The maximum absolute atomic E-state index is 13.4.